The molecule has 2 aromatic carbocycles. The number of halogens is 3. The van der Waals surface area contributed by atoms with Crippen LogP contribution in [0.25, 0.3) is 10.6 Å². The van der Waals surface area contributed by atoms with E-state index < -0.39 is 11.7 Å². The summed E-state index contributed by atoms with van der Waals surface area (Å²) in [5.74, 6) is -0.603. The molecule has 0 spiro atoms. The van der Waals surface area contributed by atoms with E-state index in [0.29, 0.717) is 47.3 Å². The van der Waals surface area contributed by atoms with E-state index in [4.69, 9.17) is 0 Å². The van der Waals surface area contributed by atoms with Gasteiger partial charge in [-0.1, -0.05) is 24.3 Å². The van der Waals surface area contributed by atoms with Gasteiger partial charge in [-0.25, -0.2) is 4.98 Å². The van der Waals surface area contributed by atoms with E-state index >= 15 is 0 Å². The van der Waals surface area contributed by atoms with Crippen molar-refractivity contribution in [2.45, 2.75) is 13.1 Å². The zero-order chi connectivity index (χ0) is 23.8. The minimum absolute atomic E-state index is 0.0860. The molecule has 0 unspecified atom stereocenters. The fourth-order valence-electron chi connectivity index (χ4n) is 3.60. The van der Waals surface area contributed by atoms with Crippen LogP contribution in [0.3, 0.4) is 0 Å². The van der Waals surface area contributed by atoms with Crippen molar-refractivity contribution in [1.29, 1.82) is 0 Å². The second kappa shape index (κ2) is 8.86. The lowest BCUT2D eigenvalue weighted by molar-refractivity contribution is -0.137. The Kier molecular flexibility index (Phi) is 6.11. The molecule has 0 aliphatic carbocycles. The van der Waals surface area contributed by atoms with Crippen molar-refractivity contribution in [2.24, 2.45) is 0 Å². The minimum Gasteiger partial charge on any atom is -0.507 e. The number of hydrogen-bond donors (Lipinski definition) is 1. The van der Waals surface area contributed by atoms with Gasteiger partial charge in [0, 0.05) is 31.7 Å². The highest BCUT2D eigenvalue weighted by Crippen LogP contribution is 2.33. The van der Waals surface area contributed by atoms with Gasteiger partial charge in [-0.15, -0.1) is 11.3 Å². The first-order valence-electron chi connectivity index (χ1n) is 10.2. The number of aromatic nitrogens is 1. The van der Waals surface area contributed by atoms with Crippen LogP contribution in [0, 0.1) is 6.92 Å². The van der Waals surface area contributed by atoms with Crippen molar-refractivity contribution in [3.63, 3.8) is 0 Å². The maximum absolute atomic E-state index is 13.1. The van der Waals surface area contributed by atoms with Crippen molar-refractivity contribution in [2.75, 3.05) is 26.2 Å². The van der Waals surface area contributed by atoms with E-state index in [1.807, 2.05) is 0 Å². The van der Waals surface area contributed by atoms with Crippen molar-refractivity contribution in [1.82, 2.24) is 14.8 Å². The predicted molar refractivity (Wildman–Crippen MR) is 117 cm³/mol. The van der Waals surface area contributed by atoms with Crippen LogP contribution in [0.15, 0.2) is 48.5 Å². The van der Waals surface area contributed by atoms with Crippen LogP contribution in [0.5, 0.6) is 5.75 Å². The second-order valence-corrected chi connectivity index (χ2v) is 8.61. The van der Waals surface area contributed by atoms with E-state index in [2.05, 4.69) is 4.98 Å². The summed E-state index contributed by atoms with van der Waals surface area (Å²) in [4.78, 5) is 33.7. The average Bonchev–Trinajstić information content (AvgIpc) is 3.19. The number of phenolic OH excluding ortho intramolecular Hbond substituents is 1. The second-order valence-electron chi connectivity index (χ2n) is 7.61. The van der Waals surface area contributed by atoms with Gasteiger partial charge in [0.25, 0.3) is 11.8 Å². The molecule has 1 N–H and O–H groups in total. The molecule has 6 nitrogen and oxygen atoms in total. The van der Waals surface area contributed by atoms with Crippen LogP contribution in [0.4, 0.5) is 13.2 Å². The molecular formula is C23H20F3N3O3S. The Morgan fingerprint density at radius 1 is 0.939 bits per heavy atom. The summed E-state index contributed by atoms with van der Waals surface area (Å²) >= 11 is 1.14. The Hall–Kier alpha value is -3.40. The third-order valence-corrected chi connectivity index (χ3v) is 6.63. The Bertz CT molecular complexity index is 1180. The predicted octanol–water partition coefficient (Wildman–Crippen LogP) is 4.44. The van der Waals surface area contributed by atoms with Crippen LogP contribution in [-0.2, 0) is 6.18 Å². The molecule has 2 heterocycles. The SMILES string of the molecule is Cc1nc(-c2ccc(C(F)(F)F)cc2)sc1C(=O)N1CCN(C(=O)c2ccccc2O)CC1. The number of hydrogen-bond acceptors (Lipinski definition) is 5. The van der Waals surface area contributed by atoms with Crippen molar-refractivity contribution < 1.29 is 27.9 Å². The Labute approximate surface area is 191 Å². The molecule has 0 atom stereocenters. The number of rotatable bonds is 3. The Balaban J connectivity index is 1.44. The van der Waals surface area contributed by atoms with E-state index in [1.165, 1.54) is 18.2 Å². The molecule has 1 aliphatic heterocycles. The molecule has 0 bridgehead atoms. The number of thiazole rings is 1. The third kappa shape index (κ3) is 4.70. The number of amides is 2. The fraction of sp³-hybridized carbons (Fsp3) is 0.261. The van der Waals surface area contributed by atoms with Gasteiger partial charge in [-0.3, -0.25) is 9.59 Å². The topological polar surface area (TPSA) is 73.7 Å². The lowest BCUT2D eigenvalue weighted by Gasteiger charge is -2.34. The van der Waals surface area contributed by atoms with E-state index in [1.54, 1.807) is 34.9 Å². The number of aromatic hydroxyl groups is 1. The van der Waals surface area contributed by atoms with Gasteiger partial charge in [0.05, 0.1) is 16.8 Å². The van der Waals surface area contributed by atoms with Crippen LogP contribution < -0.4 is 0 Å². The number of nitrogens with zero attached hydrogens (tertiary/aromatic N) is 3. The zero-order valence-electron chi connectivity index (χ0n) is 17.6. The number of aryl methyl sites for hydroxylation is 1. The third-order valence-electron chi connectivity index (χ3n) is 5.44. The average molecular weight is 475 g/mol. The molecule has 1 aromatic heterocycles. The van der Waals surface area contributed by atoms with Gasteiger partial charge in [0.1, 0.15) is 15.6 Å². The Morgan fingerprint density at radius 3 is 2.09 bits per heavy atom. The van der Waals surface area contributed by atoms with Crippen molar-refractivity contribution in [3.05, 3.63) is 70.2 Å². The van der Waals surface area contributed by atoms with E-state index in [0.717, 1.165) is 23.5 Å². The largest absolute Gasteiger partial charge is 0.507 e. The zero-order valence-corrected chi connectivity index (χ0v) is 18.4. The number of para-hydroxylation sites is 1. The maximum atomic E-state index is 13.1. The first kappa shape index (κ1) is 22.8. The van der Waals surface area contributed by atoms with Gasteiger partial charge in [-0.2, -0.15) is 13.2 Å². The molecule has 33 heavy (non-hydrogen) atoms. The molecule has 10 heteroatoms. The number of phenols is 1. The summed E-state index contributed by atoms with van der Waals surface area (Å²) in [6, 6.07) is 11.0. The first-order valence-corrected chi connectivity index (χ1v) is 11.0. The standard InChI is InChI=1S/C23H20F3N3O3S/c1-14-19(33-20(27-14)15-6-8-16(9-7-15)23(24,25)26)22(32)29-12-10-28(11-13-29)21(31)17-4-2-3-5-18(17)30/h2-9,30H,10-13H2,1H3. The minimum atomic E-state index is -4.42. The van der Waals surface area contributed by atoms with Crippen molar-refractivity contribution >= 4 is 23.2 Å². The summed E-state index contributed by atoms with van der Waals surface area (Å²) in [7, 11) is 0. The summed E-state index contributed by atoms with van der Waals surface area (Å²) in [6.07, 6.45) is -4.42. The van der Waals surface area contributed by atoms with E-state index in [-0.39, 0.29) is 23.1 Å². The molecule has 1 aliphatic rings. The van der Waals surface area contributed by atoms with E-state index in [9.17, 15) is 27.9 Å². The molecule has 0 radical (unpaired) electrons. The number of carbonyl (C=O) groups excluding carboxylic acids is 2. The van der Waals surface area contributed by atoms with Gasteiger partial charge in [-0.05, 0) is 31.2 Å². The summed E-state index contributed by atoms with van der Waals surface area (Å²) in [5.41, 5.74) is 0.490. The van der Waals surface area contributed by atoms with Crippen molar-refractivity contribution in [3.8, 4) is 16.3 Å². The molecule has 3 aromatic rings. The normalized spacial score (nSPS) is 14.4. The Morgan fingerprint density at radius 2 is 1.52 bits per heavy atom. The number of benzene rings is 2. The van der Waals surface area contributed by atoms with Gasteiger partial charge < -0.3 is 14.9 Å². The highest BCUT2D eigenvalue weighted by Gasteiger charge is 2.31. The lowest BCUT2D eigenvalue weighted by atomic mass is 10.1. The van der Waals surface area contributed by atoms with Gasteiger partial charge in [0.2, 0.25) is 0 Å². The number of alkyl halides is 3. The highest BCUT2D eigenvalue weighted by atomic mass is 32.1. The van der Waals surface area contributed by atoms with Crippen LogP contribution in [-0.4, -0.2) is 57.9 Å². The molecule has 4 rings (SSSR count). The molecular weight excluding hydrogens is 455 g/mol. The molecule has 0 saturated carbocycles. The first-order chi connectivity index (χ1) is 15.6. The number of piperazine rings is 1. The maximum Gasteiger partial charge on any atom is 0.416 e. The van der Waals surface area contributed by atoms with Gasteiger partial charge >= 0.3 is 6.18 Å². The molecule has 1 saturated heterocycles. The monoisotopic (exact) mass is 475 g/mol. The summed E-state index contributed by atoms with van der Waals surface area (Å²) in [5, 5.41) is 10.4. The number of carbonyl (C=O) groups is 2. The quantitative estimate of drug-likeness (QED) is 0.608. The van der Waals surface area contributed by atoms with Crippen LogP contribution in [0.2, 0.25) is 0 Å². The van der Waals surface area contributed by atoms with Crippen LogP contribution in [0.1, 0.15) is 31.3 Å². The molecule has 1 fully saturated rings. The molecule has 2 amide bonds. The highest BCUT2D eigenvalue weighted by molar-refractivity contribution is 7.17. The smallest absolute Gasteiger partial charge is 0.416 e. The van der Waals surface area contributed by atoms with Crippen LogP contribution >= 0.6 is 11.3 Å². The fourth-order valence-corrected chi connectivity index (χ4v) is 4.64. The summed E-state index contributed by atoms with van der Waals surface area (Å²) in [6.45, 7) is 2.98. The van der Waals surface area contributed by atoms with Gasteiger partial charge in [0.15, 0.2) is 0 Å². The molecule has 172 valence electrons. The lowest BCUT2D eigenvalue weighted by Crippen LogP contribution is -2.50. The summed E-state index contributed by atoms with van der Waals surface area (Å²) < 4.78 is 38.4.